The second kappa shape index (κ2) is 7.94. The lowest BCUT2D eigenvalue weighted by molar-refractivity contribution is 0.161. The van der Waals surface area contributed by atoms with Gasteiger partial charge in [-0.05, 0) is 18.8 Å². The third kappa shape index (κ3) is 5.87. The van der Waals surface area contributed by atoms with Crippen LogP contribution < -0.4 is 10.6 Å². The number of anilines is 2. The summed E-state index contributed by atoms with van der Waals surface area (Å²) in [5.41, 5.74) is 0. The summed E-state index contributed by atoms with van der Waals surface area (Å²) in [5, 5.41) is 16.1. The molecule has 0 saturated heterocycles. The number of hydrogen-bond donors (Lipinski definition) is 3. The van der Waals surface area contributed by atoms with Gasteiger partial charge >= 0.3 is 0 Å². The molecule has 0 aliphatic rings. The molecule has 3 N–H and O–H groups in total. The van der Waals surface area contributed by atoms with Gasteiger partial charge in [-0.1, -0.05) is 20.8 Å². The Labute approximate surface area is 115 Å². The molecule has 0 fully saturated rings. The predicted octanol–water partition coefficient (Wildman–Crippen LogP) is 2.29. The van der Waals surface area contributed by atoms with Gasteiger partial charge in [0.15, 0.2) is 0 Å². The van der Waals surface area contributed by atoms with Gasteiger partial charge in [0.05, 0.1) is 6.10 Å². The van der Waals surface area contributed by atoms with Crippen molar-refractivity contribution in [3.05, 3.63) is 11.9 Å². The quantitative estimate of drug-likeness (QED) is 0.673. The molecule has 0 aliphatic carbocycles. The van der Waals surface area contributed by atoms with Gasteiger partial charge in [-0.3, -0.25) is 0 Å². The molecule has 0 aromatic carbocycles. The molecule has 0 saturated carbocycles. The molecule has 1 unspecified atom stereocenters. The number of aliphatic hydroxyl groups is 1. The smallest absolute Gasteiger partial charge is 0.133 e. The average Bonchev–Trinajstić information content (AvgIpc) is 2.35. The largest absolute Gasteiger partial charge is 0.391 e. The number of aliphatic hydroxyl groups excluding tert-OH is 1. The molecule has 19 heavy (non-hydrogen) atoms. The van der Waals surface area contributed by atoms with Crippen LogP contribution in [0.1, 0.15) is 39.4 Å². The highest BCUT2D eigenvalue weighted by Gasteiger charge is 2.08. The zero-order chi connectivity index (χ0) is 14.3. The third-order valence-corrected chi connectivity index (χ3v) is 2.76. The molecular formula is C14H26N4O. The first kappa shape index (κ1) is 15.7. The Morgan fingerprint density at radius 2 is 1.95 bits per heavy atom. The van der Waals surface area contributed by atoms with Crippen molar-refractivity contribution in [2.24, 2.45) is 5.92 Å². The number of nitrogens with zero attached hydrogens (tertiary/aromatic N) is 2. The minimum absolute atomic E-state index is 0.345. The van der Waals surface area contributed by atoms with Crippen molar-refractivity contribution in [1.82, 2.24) is 9.97 Å². The number of aromatic nitrogens is 2. The van der Waals surface area contributed by atoms with E-state index in [0.29, 0.717) is 12.5 Å². The van der Waals surface area contributed by atoms with Gasteiger partial charge in [0.25, 0.3) is 0 Å². The summed E-state index contributed by atoms with van der Waals surface area (Å²) in [4.78, 5) is 8.84. The van der Waals surface area contributed by atoms with Crippen LogP contribution in [0.15, 0.2) is 6.07 Å². The highest BCUT2D eigenvalue weighted by Crippen LogP contribution is 2.13. The molecule has 0 radical (unpaired) electrons. The second-order valence-electron chi connectivity index (χ2n) is 5.22. The molecule has 1 aromatic rings. The Bertz CT molecular complexity index is 382. The molecule has 0 amide bonds. The highest BCUT2D eigenvalue weighted by atomic mass is 16.3. The van der Waals surface area contributed by atoms with Gasteiger partial charge in [-0.2, -0.15) is 0 Å². The minimum Gasteiger partial charge on any atom is -0.391 e. The Morgan fingerprint density at radius 3 is 2.53 bits per heavy atom. The van der Waals surface area contributed by atoms with E-state index in [4.69, 9.17) is 0 Å². The molecule has 108 valence electrons. The van der Waals surface area contributed by atoms with Crippen LogP contribution in [-0.4, -0.2) is 34.8 Å². The molecule has 0 bridgehead atoms. The molecule has 1 atom stereocenters. The maximum atomic E-state index is 9.86. The Balaban J connectivity index is 2.63. The monoisotopic (exact) mass is 266 g/mol. The summed E-state index contributed by atoms with van der Waals surface area (Å²) in [6.07, 6.45) is 2.32. The third-order valence-electron chi connectivity index (χ3n) is 2.76. The topological polar surface area (TPSA) is 70.1 Å². The van der Waals surface area contributed by atoms with E-state index in [0.717, 1.165) is 36.7 Å². The summed E-state index contributed by atoms with van der Waals surface area (Å²) >= 11 is 0. The molecule has 1 heterocycles. The van der Waals surface area contributed by atoms with Crippen molar-refractivity contribution < 1.29 is 5.11 Å². The first-order valence-corrected chi connectivity index (χ1v) is 7.02. The van der Waals surface area contributed by atoms with Crippen molar-refractivity contribution in [3.63, 3.8) is 0 Å². The van der Waals surface area contributed by atoms with E-state index in [2.05, 4.69) is 41.4 Å². The fourth-order valence-electron chi connectivity index (χ4n) is 1.90. The predicted molar refractivity (Wildman–Crippen MR) is 79.5 cm³/mol. The Morgan fingerprint density at radius 1 is 1.26 bits per heavy atom. The van der Waals surface area contributed by atoms with E-state index in [1.807, 2.05) is 13.1 Å². The zero-order valence-electron chi connectivity index (χ0n) is 12.4. The number of nitrogens with one attached hydrogen (secondary N) is 2. The summed E-state index contributed by atoms with van der Waals surface area (Å²) in [6, 6.07) is 1.86. The number of hydrogen-bond acceptors (Lipinski definition) is 5. The highest BCUT2D eigenvalue weighted by molar-refractivity contribution is 5.47. The first-order chi connectivity index (χ1) is 9.05. The van der Waals surface area contributed by atoms with E-state index < -0.39 is 0 Å². The van der Waals surface area contributed by atoms with E-state index in [9.17, 15) is 5.11 Å². The van der Waals surface area contributed by atoms with Crippen LogP contribution >= 0.6 is 0 Å². The molecule has 1 aromatic heterocycles. The van der Waals surface area contributed by atoms with Gasteiger partial charge in [-0.15, -0.1) is 0 Å². The van der Waals surface area contributed by atoms with Gasteiger partial charge in [0, 0.05) is 26.1 Å². The van der Waals surface area contributed by atoms with Crippen molar-refractivity contribution in [2.75, 3.05) is 24.2 Å². The van der Waals surface area contributed by atoms with Crippen molar-refractivity contribution in [3.8, 4) is 0 Å². The summed E-state index contributed by atoms with van der Waals surface area (Å²) in [7, 11) is 1.84. The zero-order valence-corrected chi connectivity index (χ0v) is 12.4. The fraction of sp³-hybridized carbons (Fsp3) is 0.714. The molecule has 5 nitrogen and oxygen atoms in total. The molecule has 5 heteroatoms. The lowest BCUT2D eigenvalue weighted by atomic mass is 10.1. The maximum Gasteiger partial charge on any atom is 0.133 e. The Kier molecular flexibility index (Phi) is 6.56. The van der Waals surface area contributed by atoms with E-state index in [1.54, 1.807) is 0 Å². The lowest BCUT2D eigenvalue weighted by Crippen LogP contribution is -2.22. The maximum absolute atomic E-state index is 9.86. The fourth-order valence-corrected chi connectivity index (χ4v) is 1.90. The number of aryl methyl sites for hydroxylation is 1. The van der Waals surface area contributed by atoms with Crippen molar-refractivity contribution >= 4 is 11.6 Å². The van der Waals surface area contributed by atoms with E-state index in [1.165, 1.54) is 0 Å². The average molecular weight is 266 g/mol. The van der Waals surface area contributed by atoms with Crippen LogP contribution in [0.5, 0.6) is 0 Å². The normalized spacial score (nSPS) is 12.5. The summed E-state index contributed by atoms with van der Waals surface area (Å²) in [5.74, 6) is 2.89. The van der Waals surface area contributed by atoms with Gasteiger partial charge in [-0.25, -0.2) is 9.97 Å². The Hall–Kier alpha value is -1.36. The van der Waals surface area contributed by atoms with Crippen LogP contribution in [0.3, 0.4) is 0 Å². The molecular weight excluding hydrogens is 240 g/mol. The first-order valence-electron chi connectivity index (χ1n) is 7.02. The lowest BCUT2D eigenvalue weighted by Gasteiger charge is -2.15. The minimum atomic E-state index is -0.345. The van der Waals surface area contributed by atoms with Crippen LogP contribution in [0.2, 0.25) is 0 Å². The van der Waals surface area contributed by atoms with Crippen molar-refractivity contribution in [2.45, 2.75) is 46.1 Å². The van der Waals surface area contributed by atoms with Gasteiger partial charge < -0.3 is 15.7 Å². The van der Waals surface area contributed by atoms with Crippen LogP contribution in [-0.2, 0) is 6.42 Å². The molecule has 0 aliphatic heterocycles. The molecule has 0 spiro atoms. The van der Waals surface area contributed by atoms with Crippen LogP contribution in [0.25, 0.3) is 0 Å². The summed E-state index contributed by atoms with van der Waals surface area (Å²) in [6.45, 7) is 6.83. The van der Waals surface area contributed by atoms with E-state index >= 15 is 0 Å². The summed E-state index contributed by atoms with van der Waals surface area (Å²) < 4.78 is 0. The standard InChI is InChI=1S/C14H26N4O/c1-5-6-12-17-13(15-4)8-14(18-12)16-9-11(19)7-10(2)3/h8,10-11,19H,5-7,9H2,1-4H3,(H2,15,16,17,18). The number of rotatable bonds is 8. The molecule has 1 rings (SSSR count). The van der Waals surface area contributed by atoms with Crippen LogP contribution in [0, 0.1) is 5.92 Å². The second-order valence-corrected chi connectivity index (χ2v) is 5.22. The van der Waals surface area contributed by atoms with Crippen molar-refractivity contribution in [1.29, 1.82) is 0 Å². The SMILES string of the molecule is CCCc1nc(NC)cc(NCC(O)CC(C)C)n1. The van der Waals surface area contributed by atoms with Crippen LogP contribution in [0.4, 0.5) is 11.6 Å². The van der Waals surface area contributed by atoms with Gasteiger partial charge in [0.1, 0.15) is 17.5 Å². The van der Waals surface area contributed by atoms with E-state index in [-0.39, 0.29) is 6.10 Å². The van der Waals surface area contributed by atoms with Gasteiger partial charge in [0.2, 0.25) is 0 Å².